The maximum Gasteiger partial charge on any atom is 0.249 e. The quantitative estimate of drug-likeness (QED) is 0.796. The number of amides is 2. The molecule has 2 amide bonds. The van der Waals surface area contributed by atoms with E-state index in [-0.39, 0.29) is 30.1 Å². The number of hydrogen-bond acceptors (Lipinski definition) is 4. The Morgan fingerprint density at radius 3 is 2.58 bits per heavy atom. The van der Waals surface area contributed by atoms with E-state index in [1.54, 1.807) is 17.0 Å². The van der Waals surface area contributed by atoms with Gasteiger partial charge in [0, 0.05) is 54.8 Å². The van der Waals surface area contributed by atoms with Crippen molar-refractivity contribution in [2.75, 3.05) is 18.0 Å². The molecule has 0 radical (unpaired) electrons. The average Bonchev–Trinajstić information content (AvgIpc) is 3.02. The zero-order chi connectivity index (χ0) is 18.0. The molecule has 0 saturated carbocycles. The summed E-state index contributed by atoms with van der Waals surface area (Å²) < 4.78 is 31.5. The Labute approximate surface area is 148 Å². The Bertz CT molecular complexity index is 927. The van der Waals surface area contributed by atoms with Crippen LogP contribution >= 0.6 is 0 Å². The largest absolute Gasteiger partial charge is 0.358 e. The first kappa shape index (κ1) is 15.7. The predicted octanol–water partition coefficient (Wildman–Crippen LogP) is 1.45. The van der Waals surface area contributed by atoms with E-state index in [2.05, 4.69) is 10.6 Å². The molecule has 3 unspecified atom stereocenters. The van der Waals surface area contributed by atoms with Crippen LogP contribution in [0.2, 0.25) is 0 Å². The summed E-state index contributed by atoms with van der Waals surface area (Å²) in [4.78, 5) is 25.2. The molecule has 8 heteroatoms. The third-order valence-corrected chi connectivity index (χ3v) is 5.75. The van der Waals surface area contributed by atoms with Crippen molar-refractivity contribution >= 4 is 28.3 Å². The third kappa shape index (κ3) is 2.18. The van der Waals surface area contributed by atoms with E-state index < -0.39 is 23.6 Å². The van der Waals surface area contributed by atoms with Crippen molar-refractivity contribution in [1.29, 1.82) is 0 Å². The number of carbonyl (C=O) groups is 2. The molecule has 5 rings (SSSR count). The van der Waals surface area contributed by atoms with Crippen LogP contribution in [0.3, 0.4) is 0 Å². The second kappa shape index (κ2) is 5.51. The molecule has 0 aliphatic carbocycles. The summed E-state index contributed by atoms with van der Waals surface area (Å²) >= 11 is 0. The molecule has 136 valence electrons. The van der Waals surface area contributed by atoms with Crippen LogP contribution in [-0.2, 0) is 9.59 Å². The number of piperidine rings is 2. The minimum atomic E-state index is -0.585. The number of anilines is 1. The molecular weight excluding hydrogens is 342 g/mol. The van der Waals surface area contributed by atoms with Gasteiger partial charge in [-0.05, 0) is 18.9 Å². The van der Waals surface area contributed by atoms with E-state index in [9.17, 15) is 14.0 Å². The van der Waals surface area contributed by atoms with Gasteiger partial charge in [-0.3, -0.25) is 14.9 Å². The summed E-state index contributed by atoms with van der Waals surface area (Å²) in [5, 5.41) is 6.25. The molecule has 26 heavy (non-hydrogen) atoms. The smallest absolute Gasteiger partial charge is 0.249 e. The molecule has 3 atom stereocenters. The number of piperazine rings is 1. The molecule has 2 aromatic rings. The number of hydrogen-bond donors (Lipinski definition) is 2. The van der Waals surface area contributed by atoms with E-state index in [4.69, 9.17) is 0 Å². The molecule has 2 bridgehead atoms. The van der Waals surface area contributed by atoms with Crippen LogP contribution in [-0.4, -0.2) is 41.6 Å². The van der Waals surface area contributed by atoms with Crippen LogP contribution in [0.4, 0.5) is 14.5 Å². The molecule has 3 saturated heterocycles. The predicted molar refractivity (Wildman–Crippen MR) is 90.8 cm³/mol. The molecule has 1 aromatic heterocycles. The summed E-state index contributed by atoms with van der Waals surface area (Å²) in [6, 6.07) is 0.982. The van der Waals surface area contributed by atoms with Crippen LogP contribution in [0.15, 0.2) is 18.5 Å². The van der Waals surface area contributed by atoms with Crippen molar-refractivity contribution in [3.8, 4) is 0 Å². The minimum Gasteiger partial charge on any atom is -0.358 e. The van der Waals surface area contributed by atoms with Gasteiger partial charge in [0.05, 0.1) is 0 Å². The highest BCUT2D eigenvalue weighted by atomic mass is 19.1. The van der Waals surface area contributed by atoms with Gasteiger partial charge in [0.25, 0.3) is 0 Å². The number of imide groups is 1. The maximum absolute atomic E-state index is 15.2. The fourth-order valence-corrected chi connectivity index (χ4v) is 4.46. The molecule has 2 N–H and O–H groups in total. The zero-order valence-electron chi connectivity index (χ0n) is 14.0. The highest BCUT2D eigenvalue weighted by molar-refractivity contribution is 6.00. The number of carbonyl (C=O) groups excluding carboxylic acids is 2. The zero-order valence-corrected chi connectivity index (χ0v) is 14.0. The standard InChI is InChI=1S/C18H18F2N4O2/c19-13-3-9-7-23(14-1-2-15(25)22-18(14)26)8-12(9)16(20)17(13)24-10-4-11(24)6-21-5-10/h3,7-8,10-11,14,21H,1-2,4-6H2,(H,22,25,26). The van der Waals surface area contributed by atoms with Gasteiger partial charge in [0.15, 0.2) is 5.82 Å². The van der Waals surface area contributed by atoms with Gasteiger partial charge in [-0.2, -0.15) is 0 Å². The number of halogens is 2. The van der Waals surface area contributed by atoms with Crippen molar-refractivity contribution in [3.05, 3.63) is 30.1 Å². The van der Waals surface area contributed by atoms with Crippen LogP contribution in [0.5, 0.6) is 0 Å². The molecule has 1 aromatic carbocycles. The van der Waals surface area contributed by atoms with Gasteiger partial charge in [0.1, 0.15) is 17.5 Å². The average molecular weight is 360 g/mol. The van der Waals surface area contributed by atoms with E-state index in [0.717, 1.165) is 19.5 Å². The maximum atomic E-state index is 15.2. The normalized spacial score (nSPS) is 28.2. The van der Waals surface area contributed by atoms with Crippen LogP contribution in [0.1, 0.15) is 25.3 Å². The molecule has 3 aliphatic rings. The summed E-state index contributed by atoms with van der Waals surface area (Å²) in [5.41, 5.74) is 0.0290. The molecule has 0 spiro atoms. The fourth-order valence-electron chi connectivity index (χ4n) is 4.46. The SMILES string of the molecule is O=C1CCC(n2cc3cc(F)c(N4C5CNCC4C5)c(F)c3c2)C(=O)N1. The summed E-state index contributed by atoms with van der Waals surface area (Å²) in [7, 11) is 0. The first-order chi connectivity index (χ1) is 12.5. The number of aromatic nitrogens is 1. The molecule has 3 fully saturated rings. The van der Waals surface area contributed by atoms with Crippen molar-refractivity contribution in [1.82, 2.24) is 15.2 Å². The first-order valence-electron chi connectivity index (χ1n) is 8.85. The Morgan fingerprint density at radius 2 is 1.88 bits per heavy atom. The van der Waals surface area contributed by atoms with E-state index >= 15 is 4.39 Å². The highest BCUT2D eigenvalue weighted by Crippen LogP contribution is 2.40. The monoisotopic (exact) mass is 360 g/mol. The van der Waals surface area contributed by atoms with Crippen molar-refractivity contribution in [3.63, 3.8) is 0 Å². The van der Waals surface area contributed by atoms with Gasteiger partial charge in [-0.25, -0.2) is 8.78 Å². The number of fused-ring (bicyclic) bond motifs is 3. The Balaban J connectivity index is 1.56. The van der Waals surface area contributed by atoms with Crippen molar-refractivity contribution in [2.24, 2.45) is 0 Å². The fraction of sp³-hybridized carbons (Fsp3) is 0.444. The lowest BCUT2D eigenvalue weighted by Crippen LogP contribution is -2.68. The Morgan fingerprint density at radius 1 is 1.12 bits per heavy atom. The van der Waals surface area contributed by atoms with E-state index in [0.29, 0.717) is 17.2 Å². The van der Waals surface area contributed by atoms with Crippen molar-refractivity contribution in [2.45, 2.75) is 37.4 Å². The van der Waals surface area contributed by atoms with Gasteiger partial charge >= 0.3 is 0 Å². The Kier molecular flexibility index (Phi) is 3.34. The lowest BCUT2D eigenvalue weighted by atomic mass is 9.87. The van der Waals surface area contributed by atoms with Gasteiger partial charge < -0.3 is 14.8 Å². The third-order valence-electron chi connectivity index (χ3n) is 5.75. The van der Waals surface area contributed by atoms with Gasteiger partial charge in [0.2, 0.25) is 11.8 Å². The second-order valence-corrected chi connectivity index (χ2v) is 7.31. The van der Waals surface area contributed by atoms with Gasteiger partial charge in [-0.15, -0.1) is 0 Å². The topological polar surface area (TPSA) is 66.4 Å². The summed E-state index contributed by atoms with van der Waals surface area (Å²) in [6.07, 6.45) is 4.65. The van der Waals surface area contributed by atoms with E-state index in [1.165, 1.54) is 6.07 Å². The first-order valence-corrected chi connectivity index (χ1v) is 8.85. The minimum absolute atomic E-state index is 0.0290. The Hall–Kier alpha value is -2.48. The second-order valence-electron chi connectivity index (χ2n) is 7.31. The summed E-state index contributed by atoms with van der Waals surface area (Å²) in [5.74, 6) is -1.87. The molecule has 3 aliphatic heterocycles. The van der Waals surface area contributed by atoms with Gasteiger partial charge in [-0.1, -0.05) is 0 Å². The number of nitrogens with one attached hydrogen (secondary N) is 2. The highest BCUT2D eigenvalue weighted by Gasteiger charge is 2.44. The van der Waals surface area contributed by atoms with Crippen LogP contribution < -0.4 is 15.5 Å². The number of nitrogens with zero attached hydrogens (tertiary/aromatic N) is 2. The number of rotatable bonds is 2. The lowest BCUT2D eigenvalue weighted by Gasteiger charge is -2.54. The molecule has 4 heterocycles. The number of benzene rings is 1. The molecule has 6 nitrogen and oxygen atoms in total. The van der Waals surface area contributed by atoms with E-state index in [1.807, 2.05) is 4.90 Å². The molecular formula is C18H18F2N4O2. The van der Waals surface area contributed by atoms with Crippen LogP contribution in [0, 0.1) is 11.6 Å². The van der Waals surface area contributed by atoms with Crippen LogP contribution in [0.25, 0.3) is 10.8 Å². The summed E-state index contributed by atoms with van der Waals surface area (Å²) in [6.45, 7) is 1.45. The van der Waals surface area contributed by atoms with Crippen molar-refractivity contribution < 1.29 is 18.4 Å². The lowest BCUT2D eigenvalue weighted by molar-refractivity contribution is -0.135.